The highest BCUT2D eigenvalue weighted by molar-refractivity contribution is 5.70. The normalized spacial score (nSPS) is 18.8. The molecule has 11 heteroatoms. The van der Waals surface area contributed by atoms with Gasteiger partial charge in [0.1, 0.15) is 29.4 Å². The largest absolute Gasteiger partial charge is 0.497 e. The summed E-state index contributed by atoms with van der Waals surface area (Å²) in [6.45, 7) is 0.0490. The molecule has 0 aliphatic carbocycles. The molecule has 42 heavy (non-hydrogen) atoms. The molecule has 0 radical (unpaired) electrons. The molecule has 0 bridgehead atoms. The van der Waals surface area contributed by atoms with Gasteiger partial charge in [0.25, 0.3) is 5.56 Å². The van der Waals surface area contributed by atoms with Crippen LogP contribution in [0.25, 0.3) is 11.2 Å². The number of hydrogen-bond acceptors (Lipinski definition) is 9. The minimum absolute atomic E-state index is 0.0284. The first-order valence-corrected chi connectivity index (χ1v) is 13.5. The average Bonchev–Trinajstić information content (AvgIpc) is 3.61. The number of aliphatic hydroxyl groups is 1. The highest BCUT2D eigenvalue weighted by atomic mass is 16.6. The van der Waals surface area contributed by atoms with Crippen molar-refractivity contribution in [2.24, 2.45) is 0 Å². The molecule has 3 aromatic carbocycles. The molecule has 11 nitrogen and oxygen atoms in total. The van der Waals surface area contributed by atoms with Gasteiger partial charge in [0.05, 0.1) is 33.3 Å². The molecule has 1 fully saturated rings. The van der Waals surface area contributed by atoms with E-state index in [0.29, 0.717) is 11.5 Å². The first kappa shape index (κ1) is 27.5. The molecule has 2 aromatic heterocycles. The van der Waals surface area contributed by atoms with E-state index in [9.17, 15) is 9.90 Å². The van der Waals surface area contributed by atoms with Crippen LogP contribution in [0.15, 0.2) is 90.0 Å². The van der Waals surface area contributed by atoms with Crippen LogP contribution in [0.2, 0.25) is 0 Å². The zero-order chi connectivity index (χ0) is 29.3. The van der Waals surface area contributed by atoms with Crippen LogP contribution in [0.3, 0.4) is 0 Å². The van der Waals surface area contributed by atoms with Crippen molar-refractivity contribution < 1.29 is 24.1 Å². The number of anilines is 1. The van der Waals surface area contributed by atoms with Gasteiger partial charge in [-0.1, -0.05) is 54.6 Å². The minimum Gasteiger partial charge on any atom is -0.497 e. The number of H-pyrrole nitrogens is 1. The number of rotatable bonds is 9. The lowest BCUT2D eigenvalue weighted by molar-refractivity contribution is -0.0931. The lowest BCUT2D eigenvalue weighted by atomic mass is 9.80. The second-order valence-electron chi connectivity index (χ2n) is 10.0. The van der Waals surface area contributed by atoms with Crippen molar-refractivity contribution >= 4 is 17.1 Å². The summed E-state index contributed by atoms with van der Waals surface area (Å²) in [5.41, 5.74) is 7.31. The third-order valence-electron chi connectivity index (χ3n) is 7.60. The Morgan fingerprint density at radius 3 is 2.17 bits per heavy atom. The van der Waals surface area contributed by atoms with Gasteiger partial charge in [-0.15, -0.1) is 0 Å². The van der Waals surface area contributed by atoms with E-state index < -0.39 is 29.6 Å². The number of nitrogens with one attached hydrogen (secondary N) is 1. The molecule has 3 heterocycles. The molecule has 1 aliphatic heterocycles. The van der Waals surface area contributed by atoms with Crippen molar-refractivity contribution in [2.45, 2.75) is 30.5 Å². The number of benzene rings is 3. The molecule has 4 N–H and O–H groups in total. The van der Waals surface area contributed by atoms with E-state index in [-0.39, 0.29) is 30.1 Å². The average molecular weight is 570 g/mol. The fourth-order valence-corrected chi connectivity index (χ4v) is 5.47. The molecular formula is C31H31N5O6. The van der Waals surface area contributed by atoms with Crippen LogP contribution in [-0.2, 0) is 15.1 Å². The van der Waals surface area contributed by atoms with E-state index in [1.54, 1.807) is 18.8 Å². The van der Waals surface area contributed by atoms with Gasteiger partial charge in [0.2, 0.25) is 5.95 Å². The summed E-state index contributed by atoms with van der Waals surface area (Å²) in [5, 5.41) is 11.1. The van der Waals surface area contributed by atoms with Gasteiger partial charge in [-0.05, 0) is 41.0 Å². The highest BCUT2D eigenvalue weighted by Crippen LogP contribution is 2.43. The maximum Gasteiger partial charge on any atom is 0.280 e. The van der Waals surface area contributed by atoms with Crippen molar-refractivity contribution in [1.82, 2.24) is 19.5 Å². The van der Waals surface area contributed by atoms with Gasteiger partial charge in [-0.25, -0.2) is 4.98 Å². The summed E-state index contributed by atoms with van der Waals surface area (Å²) in [4.78, 5) is 23.1. The predicted octanol–water partition coefficient (Wildman–Crippen LogP) is 3.38. The molecule has 5 aromatic rings. The van der Waals surface area contributed by atoms with Crippen LogP contribution in [0.1, 0.15) is 29.3 Å². The summed E-state index contributed by atoms with van der Waals surface area (Å²) >= 11 is 0. The number of methoxy groups -OCH3 is 2. The summed E-state index contributed by atoms with van der Waals surface area (Å²) in [5.74, 6) is 1.40. The Morgan fingerprint density at radius 2 is 1.57 bits per heavy atom. The van der Waals surface area contributed by atoms with Gasteiger partial charge in [-0.2, -0.15) is 4.98 Å². The number of nitrogens with zero attached hydrogens (tertiary/aromatic N) is 3. The summed E-state index contributed by atoms with van der Waals surface area (Å²) in [7, 11) is 3.25. The summed E-state index contributed by atoms with van der Waals surface area (Å²) in [6, 6.07) is 25.3. The molecule has 0 spiro atoms. The molecule has 216 valence electrons. The van der Waals surface area contributed by atoms with Crippen LogP contribution in [-0.4, -0.2) is 57.7 Å². The van der Waals surface area contributed by atoms with E-state index in [4.69, 9.17) is 24.7 Å². The van der Waals surface area contributed by atoms with Crippen molar-refractivity contribution in [3.05, 3.63) is 112 Å². The maximum absolute atomic E-state index is 12.3. The van der Waals surface area contributed by atoms with Gasteiger partial charge in [0.15, 0.2) is 11.2 Å². The molecule has 0 saturated carbocycles. The number of hydrogen-bond donors (Lipinski definition) is 3. The van der Waals surface area contributed by atoms with E-state index >= 15 is 0 Å². The molecule has 0 amide bonds. The maximum atomic E-state index is 12.3. The van der Waals surface area contributed by atoms with Crippen molar-refractivity contribution in [3.8, 4) is 11.5 Å². The standard InChI is InChI=1S/C31H31N5O6/c1-39-22-12-8-20(9-13-22)31(19-6-4-3-5-7-19,21-10-14-23(40-2)15-11-21)41-17-25-24(37)16-26(42-25)36-18-33-27-28(36)34-30(32)35-29(27)38/h3-15,18,24-26,37H,16-17H2,1-2H3,(H3,32,34,35,38)/t24-,25+,26+/m1/s1. The van der Waals surface area contributed by atoms with Crippen LogP contribution < -0.4 is 20.8 Å². The van der Waals surface area contributed by atoms with Crippen LogP contribution in [0.4, 0.5) is 5.95 Å². The van der Waals surface area contributed by atoms with Gasteiger partial charge < -0.3 is 29.8 Å². The third kappa shape index (κ3) is 4.87. The Bertz CT molecular complexity index is 1670. The van der Waals surface area contributed by atoms with E-state index in [0.717, 1.165) is 16.7 Å². The number of imidazole rings is 1. The minimum atomic E-state index is -1.06. The van der Waals surface area contributed by atoms with Crippen molar-refractivity contribution in [2.75, 3.05) is 26.6 Å². The Balaban J connectivity index is 1.37. The lowest BCUT2D eigenvalue weighted by Gasteiger charge is -2.37. The number of fused-ring (bicyclic) bond motifs is 1. The molecule has 0 unspecified atom stereocenters. The number of aromatic nitrogens is 4. The third-order valence-corrected chi connectivity index (χ3v) is 7.60. The zero-order valence-corrected chi connectivity index (χ0v) is 23.1. The van der Waals surface area contributed by atoms with E-state index in [1.165, 1.54) is 6.33 Å². The zero-order valence-electron chi connectivity index (χ0n) is 23.1. The smallest absolute Gasteiger partial charge is 0.280 e. The summed E-state index contributed by atoms with van der Waals surface area (Å²) < 4.78 is 25.6. The number of nitrogens with two attached hydrogens (primary N) is 1. The van der Waals surface area contributed by atoms with E-state index in [2.05, 4.69) is 15.0 Å². The molecule has 6 rings (SSSR count). The number of ether oxygens (including phenoxy) is 4. The van der Waals surface area contributed by atoms with Gasteiger partial charge >= 0.3 is 0 Å². The second-order valence-corrected chi connectivity index (χ2v) is 10.0. The Morgan fingerprint density at radius 1 is 0.976 bits per heavy atom. The second kappa shape index (κ2) is 11.3. The Labute approximate surface area is 241 Å². The van der Waals surface area contributed by atoms with E-state index in [1.807, 2.05) is 78.9 Å². The topological polar surface area (TPSA) is 147 Å². The molecule has 1 aliphatic rings. The molecular weight excluding hydrogens is 538 g/mol. The van der Waals surface area contributed by atoms with Crippen LogP contribution in [0.5, 0.6) is 11.5 Å². The SMILES string of the molecule is COc1ccc(C(OC[C@@H]2O[C@H](n3cnc4c(=O)[nH]c(N)nc43)C[C@H]2O)(c2ccccc2)c2ccc(OC)cc2)cc1. The number of nitrogen functional groups attached to an aromatic ring is 1. The van der Waals surface area contributed by atoms with Gasteiger partial charge in [-0.3, -0.25) is 14.3 Å². The van der Waals surface area contributed by atoms with Crippen LogP contribution in [0, 0.1) is 0 Å². The van der Waals surface area contributed by atoms with Crippen molar-refractivity contribution in [1.29, 1.82) is 0 Å². The summed E-state index contributed by atoms with van der Waals surface area (Å²) in [6.07, 6.45) is -0.452. The number of aliphatic hydroxyl groups excluding tert-OH is 1. The van der Waals surface area contributed by atoms with Gasteiger partial charge in [0, 0.05) is 6.42 Å². The Kier molecular flexibility index (Phi) is 7.38. The van der Waals surface area contributed by atoms with Crippen molar-refractivity contribution in [3.63, 3.8) is 0 Å². The lowest BCUT2D eigenvalue weighted by Crippen LogP contribution is -2.38. The monoisotopic (exact) mass is 569 g/mol. The number of aromatic amines is 1. The first-order chi connectivity index (χ1) is 20.4. The predicted molar refractivity (Wildman–Crippen MR) is 155 cm³/mol. The first-order valence-electron chi connectivity index (χ1n) is 13.5. The molecule has 1 saturated heterocycles. The highest BCUT2D eigenvalue weighted by Gasteiger charge is 2.42. The quantitative estimate of drug-likeness (QED) is 0.227. The molecule has 3 atom stereocenters. The fourth-order valence-electron chi connectivity index (χ4n) is 5.47. The fraction of sp³-hybridized carbons (Fsp3) is 0.258. The van der Waals surface area contributed by atoms with Crippen LogP contribution >= 0.6 is 0 Å². The Hall–Kier alpha value is -4.71.